The number of ether oxygens (including phenoxy) is 1. The SMILES string of the molecule is Br.CCCCCCCCCCC(CCOC(=S)NC12CC3CC(CC(C3)C1)C2)C(C)(C)N. The summed E-state index contributed by atoms with van der Waals surface area (Å²) in [4.78, 5) is 0. The smallest absolute Gasteiger partial charge is 0.257 e. The van der Waals surface area contributed by atoms with Crippen molar-refractivity contribution >= 4 is 34.4 Å². The van der Waals surface area contributed by atoms with Crippen LogP contribution >= 0.6 is 29.2 Å². The molecule has 0 aromatic carbocycles. The van der Waals surface area contributed by atoms with Crippen molar-refractivity contribution < 1.29 is 4.74 Å². The second-order valence-electron chi connectivity index (χ2n) is 12.0. The van der Waals surface area contributed by atoms with Gasteiger partial charge < -0.3 is 15.8 Å². The largest absolute Gasteiger partial charge is 0.471 e. The van der Waals surface area contributed by atoms with Crippen LogP contribution in [0.5, 0.6) is 0 Å². The first-order valence-electron chi connectivity index (χ1n) is 13.5. The highest BCUT2D eigenvalue weighted by atomic mass is 79.9. The number of halogens is 1. The fraction of sp³-hybridized carbons (Fsp3) is 0.963. The van der Waals surface area contributed by atoms with E-state index in [0.29, 0.717) is 17.7 Å². The van der Waals surface area contributed by atoms with Crippen LogP contribution in [0.3, 0.4) is 0 Å². The summed E-state index contributed by atoms with van der Waals surface area (Å²) in [6.07, 6.45) is 21.4. The summed E-state index contributed by atoms with van der Waals surface area (Å²) in [5, 5.41) is 4.34. The zero-order valence-electron chi connectivity index (χ0n) is 21.1. The molecule has 32 heavy (non-hydrogen) atoms. The molecular formula is C27H51BrN2OS. The maximum atomic E-state index is 6.52. The van der Waals surface area contributed by atoms with Crippen LogP contribution in [0.1, 0.15) is 124 Å². The Hall–Kier alpha value is 0.130. The molecule has 0 radical (unpaired) electrons. The van der Waals surface area contributed by atoms with Crippen LogP contribution < -0.4 is 11.1 Å². The predicted octanol–water partition coefficient (Wildman–Crippen LogP) is 7.70. The Morgan fingerprint density at radius 2 is 1.44 bits per heavy atom. The highest BCUT2D eigenvalue weighted by Crippen LogP contribution is 2.55. The van der Waals surface area contributed by atoms with Gasteiger partial charge in [0.05, 0.1) is 6.61 Å². The molecule has 1 unspecified atom stereocenters. The molecule has 0 aliphatic heterocycles. The molecule has 0 aromatic rings. The van der Waals surface area contributed by atoms with Crippen molar-refractivity contribution in [1.29, 1.82) is 0 Å². The van der Waals surface area contributed by atoms with E-state index in [0.717, 1.165) is 24.2 Å². The maximum Gasteiger partial charge on any atom is 0.257 e. The van der Waals surface area contributed by atoms with Crippen LogP contribution in [0, 0.1) is 23.7 Å². The van der Waals surface area contributed by atoms with Crippen LogP contribution in [0.15, 0.2) is 0 Å². The Balaban J connectivity index is 0.00000363. The van der Waals surface area contributed by atoms with Gasteiger partial charge in [-0.2, -0.15) is 0 Å². The van der Waals surface area contributed by atoms with Gasteiger partial charge in [0.25, 0.3) is 5.17 Å². The Labute approximate surface area is 214 Å². The van der Waals surface area contributed by atoms with Gasteiger partial charge in [-0.3, -0.25) is 0 Å². The molecule has 3 nitrogen and oxygen atoms in total. The fourth-order valence-electron chi connectivity index (χ4n) is 7.22. The molecule has 4 bridgehead atoms. The van der Waals surface area contributed by atoms with Gasteiger partial charge in [0.15, 0.2) is 0 Å². The minimum Gasteiger partial charge on any atom is -0.471 e. The van der Waals surface area contributed by atoms with Crippen LogP contribution in [0.2, 0.25) is 0 Å². The lowest BCUT2D eigenvalue weighted by Crippen LogP contribution is -2.59. The Morgan fingerprint density at radius 3 is 1.94 bits per heavy atom. The minimum absolute atomic E-state index is 0. The molecule has 4 rings (SSSR count). The molecule has 188 valence electrons. The molecule has 4 aliphatic rings. The van der Waals surface area contributed by atoms with Crippen LogP contribution in [0.25, 0.3) is 0 Å². The van der Waals surface area contributed by atoms with E-state index >= 15 is 0 Å². The standard InChI is InChI=1S/C27H50N2OS.BrH/c1-4-5-6-7-8-9-10-11-12-24(26(2,3)28)13-14-30-25(31)29-27-18-21-15-22(19-27)17-23(16-21)20-27;/h21-24H,4-20,28H2,1-3H3,(H,29,31);1H. The third kappa shape index (κ3) is 8.73. The molecule has 0 aromatic heterocycles. The van der Waals surface area contributed by atoms with E-state index in [1.165, 1.54) is 96.3 Å². The molecule has 0 saturated heterocycles. The number of rotatable bonds is 14. The van der Waals surface area contributed by atoms with Crippen molar-refractivity contribution in [3.05, 3.63) is 0 Å². The second-order valence-corrected chi connectivity index (χ2v) is 12.4. The van der Waals surface area contributed by atoms with E-state index < -0.39 is 0 Å². The van der Waals surface area contributed by atoms with Crippen molar-refractivity contribution in [2.45, 2.75) is 135 Å². The summed E-state index contributed by atoms with van der Waals surface area (Å²) in [6.45, 7) is 7.33. The van der Waals surface area contributed by atoms with Gasteiger partial charge in [-0.25, -0.2) is 0 Å². The minimum atomic E-state index is -0.153. The quantitative estimate of drug-likeness (QED) is 0.178. The van der Waals surface area contributed by atoms with E-state index in [1.54, 1.807) is 0 Å². The third-order valence-electron chi connectivity index (χ3n) is 8.56. The first-order valence-corrected chi connectivity index (χ1v) is 13.9. The van der Waals surface area contributed by atoms with E-state index in [9.17, 15) is 0 Å². The topological polar surface area (TPSA) is 47.3 Å². The van der Waals surface area contributed by atoms with Crippen molar-refractivity contribution in [2.75, 3.05) is 6.61 Å². The normalized spacial score (nSPS) is 29.4. The summed E-state index contributed by atoms with van der Waals surface area (Å²) in [6, 6.07) is 0. The highest BCUT2D eigenvalue weighted by Gasteiger charge is 2.51. The molecule has 0 spiro atoms. The van der Waals surface area contributed by atoms with Gasteiger partial charge in [-0.05, 0) is 101 Å². The molecular weight excluding hydrogens is 480 g/mol. The van der Waals surface area contributed by atoms with E-state index in [2.05, 4.69) is 26.1 Å². The van der Waals surface area contributed by atoms with Gasteiger partial charge in [0, 0.05) is 11.1 Å². The average Bonchev–Trinajstić information content (AvgIpc) is 2.66. The predicted molar refractivity (Wildman–Crippen MR) is 147 cm³/mol. The average molecular weight is 532 g/mol. The lowest BCUT2D eigenvalue weighted by Gasteiger charge is -2.57. The zero-order chi connectivity index (χ0) is 22.3. The molecule has 3 N–H and O–H groups in total. The monoisotopic (exact) mass is 530 g/mol. The second kappa shape index (κ2) is 13.3. The lowest BCUT2D eigenvalue weighted by atomic mass is 9.53. The molecule has 5 heteroatoms. The van der Waals surface area contributed by atoms with Crippen LogP contribution in [-0.4, -0.2) is 22.9 Å². The van der Waals surface area contributed by atoms with Gasteiger partial charge in [-0.15, -0.1) is 17.0 Å². The molecule has 4 aliphatic carbocycles. The number of hydrogen-bond acceptors (Lipinski definition) is 3. The van der Waals surface area contributed by atoms with Gasteiger partial charge in [0.2, 0.25) is 0 Å². The molecule has 4 saturated carbocycles. The number of nitrogens with two attached hydrogens (primary N) is 1. The Morgan fingerprint density at radius 1 is 0.938 bits per heavy atom. The summed E-state index contributed by atoms with van der Waals surface area (Å²) in [7, 11) is 0. The molecule has 0 heterocycles. The summed E-state index contributed by atoms with van der Waals surface area (Å²) < 4.78 is 6.05. The third-order valence-corrected chi connectivity index (χ3v) is 8.78. The number of hydrogen-bond donors (Lipinski definition) is 2. The van der Waals surface area contributed by atoms with Gasteiger partial charge >= 0.3 is 0 Å². The van der Waals surface area contributed by atoms with Crippen molar-refractivity contribution in [1.82, 2.24) is 5.32 Å². The van der Waals surface area contributed by atoms with E-state index in [-0.39, 0.29) is 28.1 Å². The number of nitrogens with one attached hydrogen (secondary N) is 1. The van der Waals surface area contributed by atoms with Crippen molar-refractivity contribution in [3.63, 3.8) is 0 Å². The lowest BCUT2D eigenvalue weighted by molar-refractivity contribution is -0.0128. The highest BCUT2D eigenvalue weighted by molar-refractivity contribution is 8.93. The van der Waals surface area contributed by atoms with E-state index in [1.807, 2.05) is 0 Å². The molecule has 4 fully saturated rings. The zero-order valence-corrected chi connectivity index (χ0v) is 23.7. The van der Waals surface area contributed by atoms with Gasteiger partial charge in [-0.1, -0.05) is 58.3 Å². The first kappa shape index (κ1) is 28.4. The Bertz CT molecular complexity index is 527. The van der Waals surface area contributed by atoms with Crippen LogP contribution in [-0.2, 0) is 4.74 Å². The van der Waals surface area contributed by atoms with Gasteiger partial charge in [0.1, 0.15) is 0 Å². The number of unbranched alkanes of at least 4 members (excludes halogenated alkanes) is 7. The first-order chi connectivity index (χ1) is 14.8. The Kier molecular flexibility index (Phi) is 11.8. The van der Waals surface area contributed by atoms with Crippen molar-refractivity contribution in [3.8, 4) is 0 Å². The van der Waals surface area contributed by atoms with Crippen molar-refractivity contribution in [2.24, 2.45) is 29.4 Å². The number of thiocarbonyl (C=S) groups is 1. The maximum absolute atomic E-state index is 6.52. The summed E-state index contributed by atoms with van der Waals surface area (Å²) >= 11 is 5.64. The van der Waals surface area contributed by atoms with E-state index in [4.69, 9.17) is 22.7 Å². The molecule has 0 amide bonds. The summed E-state index contributed by atoms with van der Waals surface area (Å²) in [5.74, 6) is 3.27. The fourth-order valence-corrected chi connectivity index (χ4v) is 7.52. The molecule has 1 atom stereocenters. The van der Waals surface area contributed by atoms with Crippen LogP contribution in [0.4, 0.5) is 0 Å². The summed E-state index contributed by atoms with van der Waals surface area (Å²) in [5.41, 5.74) is 6.62.